The van der Waals surface area contributed by atoms with Gasteiger partial charge in [0, 0.05) is 23.2 Å². The second-order valence-electron chi connectivity index (χ2n) is 4.30. The normalized spacial score (nSPS) is 10.4. The molecule has 0 bridgehead atoms. The smallest absolute Gasteiger partial charge is 0.251 e. The van der Waals surface area contributed by atoms with Crippen molar-refractivity contribution in [2.75, 3.05) is 5.32 Å². The van der Waals surface area contributed by atoms with Crippen LogP contribution in [0.3, 0.4) is 0 Å². The van der Waals surface area contributed by atoms with Crippen molar-refractivity contribution in [3.8, 4) is 5.75 Å². The molecule has 0 aliphatic heterocycles. The fourth-order valence-electron chi connectivity index (χ4n) is 1.76. The van der Waals surface area contributed by atoms with Gasteiger partial charge >= 0.3 is 0 Å². The van der Waals surface area contributed by atoms with Gasteiger partial charge in [-0.25, -0.2) is 8.78 Å². The number of anilines is 1. The number of primary amides is 1. The zero-order chi connectivity index (χ0) is 15.6. The number of amides is 1. The standard InChI is InChI=1S/C14H11ClF2N2O2/c15-8-1-2-13(20)7(3-8)6-19-12-4-9(14(18)21)10(16)5-11(12)17/h1-5,19-20H,6H2,(H2,18,21). The molecule has 0 aliphatic carbocycles. The number of phenolic OH excluding ortho intramolecular Hbond substituents is 1. The van der Waals surface area contributed by atoms with E-state index in [-0.39, 0.29) is 18.0 Å². The fraction of sp³-hybridized carbons (Fsp3) is 0.0714. The third kappa shape index (κ3) is 3.41. The zero-order valence-corrected chi connectivity index (χ0v) is 11.4. The number of carbonyl (C=O) groups excluding carboxylic acids is 1. The monoisotopic (exact) mass is 312 g/mol. The van der Waals surface area contributed by atoms with E-state index in [0.29, 0.717) is 16.7 Å². The predicted octanol–water partition coefficient (Wildman–Crippen LogP) is 3.03. The van der Waals surface area contributed by atoms with Crippen molar-refractivity contribution in [3.63, 3.8) is 0 Å². The highest BCUT2D eigenvalue weighted by atomic mass is 35.5. The van der Waals surface area contributed by atoms with E-state index in [1.807, 2.05) is 0 Å². The number of nitrogens with two attached hydrogens (primary N) is 1. The lowest BCUT2D eigenvalue weighted by Gasteiger charge is -2.11. The first-order valence-electron chi connectivity index (χ1n) is 5.88. The number of phenols is 1. The maximum atomic E-state index is 13.6. The minimum atomic E-state index is -1.03. The third-order valence-electron chi connectivity index (χ3n) is 2.83. The summed E-state index contributed by atoms with van der Waals surface area (Å²) in [6.07, 6.45) is 0. The molecule has 2 aromatic carbocycles. The second kappa shape index (κ2) is 5.97. The van der Waals surface area contributed by atoms with Crippen molar-refractivity contribution in [3.05, 3.63) is 58.1 Å². The Kier molecular flexibility index (Phi) is 4.28. The second-order valence-corrected chi connectivity index (χ2v) is 4.74. The average Bonchev–Trinajstić information content (AvgIpc) is 2.41. The van der Waals surface area contributed by atoms with Gasteiger partial charge in [-0.2, -0.15) is 0 Å². The Labute approximate surface area is 124 Å². The minimum Gasteiger partial charge on any atom is -0.508 e. The van der Waals surface area contributed by atoms with Crippen molar-refractivity contribution in [1.29, 1.82) is 0 Å². The predicted molar refractivity (Wildman–Crippen MR) is 75.3 cm³/mol. The van der Waals surface area contributed by atoms with Crippen LogP contribution in [0, 0.1) is 11.6 Å². The van der Waals surface area contributed by atoms with Gasteiger partial charge in [-0.1, -0.05) is 11.6 Å². The third-order valence-corrected chi connectivity index (χ3v) is 3.07. The summed E-state index contributed by atoms with van der Waals surface area (Å²) in [4.78, 5) is 11.0. The number of carbonyl (C=O) groups is 1. The molecule has 0 aliphatic rings. The molecule has 0 radical (unpaired) electrons. The van der Waals surface area contributed by atoms with Crippen LogP contribution in [0.4, 0.5) is 14.5 Å². The molecule has 0 saturated carbocycles. The summed E-state index contributed by atoms with van der Waals surface area (Å²) in [5.41, 5.74) is 4.89. The Morgan fingerprint density at radius 2 is 1.95 bits per heavy atom. The molecule has 0 fully saturated rings. The Balaban J connectivity index is 2.25. The van der Waals surface area contributed by atoms with Crippen LogP contribution in [0.15, 0.2) is 30.3 Å². The quantitative estimate of drug-likeness (QED) is 0.812. The first kappa shape index (κ1) is 15.1. The Morgan fingerprint density at radius 1 is 1.24 bits per heavy atom. The molecule has 0 unspecified atom stereocenters. The van der Waals surface area contributed by atoms with E-state index in [1.54, 1.807) is 0 Å². The van der Waals surface area contributed by atoms with Crippen molar-refractivity contribution in [2.45, 2.75) is 6.54 Å². The van der Waals surface area contributed by atoms with Crippen molar-refractivity contribution >= 4 is 23.2 Å². The van der Waals surface area contributed by atoms with Gasteiger partial charge in [-0.15, -0.1) is 0 Å². The van der Waals surface area contributed by atoms with Gasteiger partial charge in [0.2, 0.25) is 0 Å². The van der Waals surface area contributed by atoms with Crippen LogP contribution < -0.4 is 11.1 Å². The first-order valence-corrected chi connectivity index (χ1v) is 6.26. The highest BCUT2D eigenvalue weighted by molar-refractivity contribution is 6.30. The Bertz CT molecular complexity index is 708. The van der Waals surface area contributed by atoms with Gasteiger partial charge < -0.3 is 16.2 Å². The van der Waals surface area contributed by atoms with Crippen LogP contribution in [0.25, 0.3) is 0 Å². The maximum absolute atomic E-state index is 13.6. The molecule has 1 amide bonds. The molecule has 0 heterocycles. The molecule has 0 atom stereocenters. The number of hydrogen-bond donors (Lipinski definition) is 3. The number of benzene rings is 2. The van der Waals surface area contributed by atoms with E-state index in [0.717, 1.165) is 6.07 Å². The van der Waals surface area contributed by atoms with Gasteiger partial charge in [0.25, 0.3) is 5.91 Å². The molecule has 2 aromatic rings. The lowest BCUT2D eigenvalue weighted by Crippen LogP contribution is -2.14. The minimum absolute atomic E-state index is 0.0236. The van der Waals surface area contributed by atoms with Crippen LogP contribution in [-0.2, 0) is 6.54 Å². The summed E-state index contributed by atoms with van der Waals surface area (Å²) in [7, 11) is 0. The Hall–Kier alpha value is -2.34. The lowest BCUT2D eigenvalue weighted by molar-refractivity contribution is 0.0996. The topological polar surface area (TPSA) is 75.4 Å². The molecule has 4 nitrogen and oxygen atoms in total. The van der Waals surface area contributed by atoms with E-state index in [9.17, 15) is 18.7 Å². The SMILES string of the molecule is NC(=O)c1cc(NCc2cc(Cl)ccc2O)c(F)cc1F. The van der Waals surface area contributed by atoms with Crippen LogP contribution in [0.1, 0.15) is 15.9 Å². The molecule has 7 heteroatoms. The van der Waals surface area contributed by atoms with E-state index >= 15 is 0 Å². The molecular weight excluding hydrogens is 302 g/mol. The zero-order valence-electron chi connectivity index (χ0n) is 10.7. The molecule has 21 heavy (non-hydrogen) atoms. The van der Waals surface area contributed by atoms with Gasteiger partial charge in [0.1, 0.15) is 17.4 Å². The Morgan fingerprint density at radius 3 is 2.62 bits per heavy atom. The van der Waals surface area contributed by atoms with Crippen LogP contribution in [0.5, 0.6) is 5.75 Å². The van der Waals surface area contributed by atoms with Crippen molar-refractivity contribution in [2.24, 2.45) is 5.73 Å². The molecule has 0 spiro atoms. The van der Waals surface area contributed by atoms with E-state index in [1.165, 1.54) is 18.2 Å². The molecule has 0 aromatic heterocycles. The fourth-order valence-corrected chi connectivity index (χ4v) is 1.95. The van der Waals surface area contributed by atoms with E-state index < -0.39 is 23.1 Å². The first-order chi connectivity index (χ1) is 9.88. The molecule has 2 rings (SSSR count). The van der Waals surface area contributed by atoms with Crippen LogP contribution in [-0.4, -0.2) is 11.0 Å². The maximum Gasteiger partial charge on any atom is 0.251 e. The molecule has 110 valence electrons. The number of aromatic hydroxyl groups is 1. The highest BCUT2D eigenvalue weighted by Gasteiger charge is 2.14. The van der Waals surface area contributed by atoms with Crippen LogP contribution >= 0.6 is 11.6 Å². The number of hydrogen-bond acceptors (Lipinski definition) is 3. The molecule has 4 N–H and O–H groups in total. The van der Waals surface area contributed by atoms with E-state index in [2.05, 4.69) is 5.32 Å². The summed E-state index contributed by atoms with van der Waals surface area (Å²) < 4.78 is 27.0. The average molecular weight is 313 g/mol. The summed E-state index contributed by atoms with van der Waals surface area (Å²) in [6, 6.07) is 5.95. The largest absolute Gasteiger partial charge is 0.508 e. The lowest BCUT2D eigenvalue weighted by atomic mass is 10.1. The summed E-state index contributed by atoms with van der Waals surface area (Å²) in [5, 5.41) is 12.7. The van der Waals surface area contributed by atoms with Crippen molar-refractivity contribution in [1.82, 2.24) is 0 Å². The highest BCUT2D eigenvalue weighted by Crippen LogP contribution is 2.24. The van der Waals surface area contributed by atoms with Gasteiger partial charge in [-0.05, 0) is 24.3 Å². The summed E-state index contributed by atoms with van der Waals surface area (Å²) in [5.74, 6) is -2.93. The molecular formula is C14H11ClF2N2O2. The number of halogens is 3. The summed E-state index contributed by atoms with van der Waals surface area (Å²) >= 11 is 5.79. The summed E-state index contributed by atoms with van der Waals surface area (Å²) in [6.45, 7) is 0.0349. The van der Waals surface area contributed by atoms with Crippen LogP contribution in [0.2, 0.25) is 5.02 Å². The van der Waals surface area contributed by atoms with Gasteiger partial charge in [0.05, 0.1) is 11.3 Å². The number of nitrogens with one attached hydrogen (secondary N) is 1. The van der Waals surface area contributed by atoms with Gasteiger partial charge in [-0.3, -0.25) is 4.79 Å². The van der Waals surface area contributed by atoms with Crippen molar-refractivity contribution < 1.29 is 18.7 Å². The number of rotatable bonds is 4. The van der Waals surface area contributed by atoms with Gasteiger partial charge in [0.15, 0.2) is 0 Å². The van der Waals surface area contributed by atoms with E-state index in [4.69, 9.17) is 17.3 Å². The molecule has 0 saturated heterocycles.